The van der Waals surface area contributed by atoms with Crippen molar-refractivity contribution >= 4 is 44.8 Å². The predicted molar refractivity (Wildman–Crippen MR) is 94.9 cm³/mol. The highest BCUT2D eigenvalue weighted by atomic mass is 79.9. The number of nitrogens with zero attached hydrogens (tertiary/aromatic N) is 1. The molecular formula is C15H17BrCl2FNO3. The second kappa shape index (κ2) is 10.7. The molecule has 0 N–H and O–H groups in total. The number of halogens is 4. The number of rotatable bonds is 9. The fraction of sp³-hybridized carbons (Fsp3) is 0.400. The van der Waals surface area contributed by atoms with Crippen molar-refractivity contribution in [3.05, 3.63) is 33.0 Å². The van der Waals surface area contributed by atoms with E-state index in [0.29, 0.717) is 41.2 Å². The smallest absolute Gasteiger partial charge is 0.165 e. The lowest BCUT2D eigenvalue weighted by Gasteiger charge is -2.12. The van der Waals surface area contributed by atoms with Gasteiger partial charge in [-0.3, -0.25) is 0 Å². The van der Waals surface area contributed by atoms with Gasteiger partial charge in [0.25, 0.3) is 0 Å². The second-order valence-electron chi connectivity index (χ2n) is 4.59. The zero-order valence-corrected chi connectivity index (χ0v) is 15.8. The zero-order valence-electron chi connectivity index (χ0n) is 12.7. The van der Waals surface area contributed by atoms with Crippen molar-refractivity contribution in [3.8, 4) is 11.5 Å². The van der Waals surface area contributed by atoms with E-state index in [0.717, 1.165) is 5.71 Å². The van der Waals surface area contributed by atoms with Crippen LogP contribution in [0.5, 0.6) is 11.5 Å². The lowest BCUT2D eigenvalue weighted by atomic mass is 10.3. The molecule has 0 atom stereocenters. The van der Waals surface area contributed by atoms with E-state index in [1.807, 2.05) is 13.8 Å². The molecule has 0 heterocycles. The molecule has 0 fully saturated rings. The standard InChI is InChI=1S/C15H17BrCl2FNO3/c1-10(2)20-23-6-3-5-22-15-12(17)8-11(9-13(15)18)21-7-4-14(16)19/h4,8-9H,3,5-7H2,1-2H3/b14-4-. The van der Waals surface area contributed by atoms with Gasteiger partial charge in [0.2, 0.25) is 0 Å². The quantitative estimate of drug-likeness (QED) is 0.285. The van der Waals surface area contributed by atoms with Crippen LogP contribution < -0.4 is 9.47 Å². The number of hydrogen-bond donors (Lipinski definition) is 0. The molecule has 0 saturated carbocycles. The molecule has 0 aliphatic rings. The third kappa shape index (κ3) is 8.44. The molecule has 8 heteroatoms. The Balaban J connectivity index is 2.50. The lowest BCUT2D eigenvalue weighted by molar-refractivity contribution is 0.127. The maximum atomic E-state index is 12.5. The highest BCUT2D eigenvalue weighted by Gasteiger charge is 2.10. The third-order valence-electron chi connectivity index (χ3n) is 2.33. The first-order chi connectivity index (χ1) is 10.9. The van der Waals surface area contributed by atoms with Crippen LogP contribution in [0, 0.1) is 0 Å². The number of benzene rings is 1. The van der Waals surface area contributed by atoms with Gasteiger partial charge in [-0.1, -0.05) is 28.4 Å². The van der Waals surface area contributed by atoms with Gasteiger partial charge >= 0.3 is 0 Å². The minimum absolute atomic E-state index is 0.0542. The summed E-state index contributed by atoms with van der Waals surface area (Å²) >= 11 is 14.9. The molecule has 0 unspecified atom stereocenters. The fourth-order valence-corrected chi connectivity index (χ4v) is 2.14. The van der Waals surface area contributed by atoms with E-state index in [1.165, 1.54) is 6.08 Å². The molecule has 128 valence electrons. The van der Waals surface area contributed by atoms with Gasteiger partial charge in [-0.15, -0.1) is 0 Å². The Hall–Kier alpha value is -0.980. The van der Waals surface area contributed by atoms with Crippen molar-refractivity contribution in [3.63, 3.8) is 0 Å². The molecule has 0 saturated heterocycles. The Morgan fingerprint density at radius 1 is 1.22 bits per heavy atom. The summed E-state index contributed by atoms with van der Waals surface area (Å²) in [5.41, 5.74) is 0.849. The molecule has 4 nitrogen and oxygen atoms in total. The van der Waals surface area contributed by atoms with Crippen LogP contribution in [-0.2, 0) is 4.84 Å². The first-order valence-electron chi connectivity index (χ1n) is 6.79. The number of oxime groups is 1. The molecule has 0 radical (unpaired) electrons. The van der Waals surface area contributed by atoms with Gasteiger partial charge in [0.05, 0.1) is 22.4 Å². The van der Waals surface area contributed by atoms with E-state index in [2.05, 4.69) is 21.1 Å². The molecule has 23 heavy (non-hydrogen) atoms. The first-order valence-corrected chi connectivity index (χ1v) is 8.34. The summed E-state index contributed by atoms with van der Waals surface area (Å²) in [5.74, 6) is 0.798. The summed E-state index contributed by atoms with van der Waals surface area (Å²) in [4.78, 5) is 5.06. The van der Waals surface area contributed by atoms with Crippen molar-refractivity contribution in [1.29, 1.82) is 0 Å². The average Bonchev–Trinajstić information content (AvgIpc) is 2.44. The maximum absolute atomic E-state index is 12.5. The molecule has 0 aromatic heterocycles. The summed E-state index contributed by atoms with van der Waals surface area (Å²) in [5, 5.41) is 4.45. The van der Waals surface area contributed by atoms with Crippen LogP contribution in [-0.4, -0.2) is 25.5 Å². The van der Waals surface area contributed by atoms with E-state index < -0.39 is 4.74 Å². The molecule has 1 rings (SSSR count). The van der Waals surface area contributed by atoms with E-state index in [1.54, 1.807) is 12.1 Å². The van der Waals surface area contributed by atoms with E-state index in [9.17, 15) is 4.39 Å². The molecular weight excluding hydrogens is 412 g/mol. The molecule has 0 bridgehead atoms. The van der Waals surface area contributed by atoms with Gasteiger partial charge in [-0.25, -0.2) is 0 Å². The Labute approximate surface area is 153 Å². The van der Waals surface area contributed by atoms with Crippen LogP contribution in [0.3, 0.4) is 0 Å². The summed E-state index contributed by atoms with van der Waals surface area (Å²) in [6, 6.07) is 3.12. The summed E-state index contributed by atoms with van der Waals surface area (Å²) in [6.07, 6.45) is 1.86. The predicted octanol–water partition coefficient (Wildman–Crippen LogP) is 5.76. The normalized spacial score (nSPS) is 11.1. The highest BCUT2D eigenvalue weighted by Crippen LogP contribution is 2.37. The van der Waals surface area contributed by atoms with E-state index >= 15 is 0 Å². The molecule has 0 aliphatic heterocycles. The minimum Gasteiger partial charge on any atom is -0.490 e. The molecule has 0 amide bonds. The first kappa shape index (κ1) is 20.1. The van der Waals surface area contributed by atoms with Gasteiger partial charge in [0.1, 0.15) is 19.0 Å². The van der Waals surface area contributed by atoms with Gasteiger partial charge in [-0.2, -0.15) is 4.39 Å². The van der Waals surface area contributed by atoms with E-state index in [-0.39, 0.29) is 6.61 Å². The minimum atomic E-state index is -0.500. The van der Waals surface area contributed by atoms with Gasteiger partial charge in [-0.05, 0) is 35.9 Å². The van der Waals surface area contributed by atoms with Gasteiger partial charge < -0.3 is 14.3 Å². The Kier molecular flexibility index (Phi) is 9.36. The molecule has 0 spiro atoms. The van der Waals surface area contributed by atoms with Crippen LogP contribution in [0.25, 0.3) is 0 Å². The van der Waals surface area contributed by atoms with Crippen LogP contribution in [0.2, 0.25) is 10.0 Å². The van der Waals surface area contributed by atoms with Crippen molar-refractivity contribution in [2.24, 2.45) is 5.16 Å². The summed E-state index contributed by atoms with van der Waals surface area (Å²) in [7, 11) is 0. The average molecular weight is 429 g/mol. The van der Waals surface area contributed by atoms with Crippen molar-refractivity contribution in [1.82, 2.24) is 0 Å². The van der Waals surface area contributed by atoms with Gasteiger partial charge in [0.15, 0.2) is 10.5 Å². The topological polar surface area (TPSA) is 40.0 Å². The molecule has 0 aliphatic carbocycles. The van der Waals surface area contributed by atoms with Crippen LogP contribution >= 0.6 is 39.1 Å². The monoisotopic (exact) mass is 427 g/mol. The zero-order chi connectivity index (χ0) is 17.2. The number of hydrogen-bond acceptors (Lipinski definition) is 4. The van der Waals surface area contributed by atoms with Crippen molar-refractivity contribution in [2.45, 2.75) is 20.3 Å². The SMILES string of the molecule is CC(C)=NOCCCOc1c(Cl)cc(OC/C=C(\F)Br)cc1Cl. The summed E-state index contributed by atoms with van der Waals surface area (Å²) in [6.45, 7) is 4.57. The van der Waals surface area contributed by atoms with Crippen LogP contribution in [0.15, 0.2) is 28.1 Å². The Morgan fingerprint density at radius 3 is 2.43 bits per heavy atom. The van der Waals surface area contributed by atoms with E-state index in [4.69, 9.17) is 37.5 Å². The van der Waals surface area contributed by atoms with Crippen molar-refractivity contribution < 1.29 is 18.7 Å². The Bertz CT molecular complexity index is 551. The molecule has 1 aromatic carbocycles. The van der Waals surface area contributed by atoms with Crippen LogP contribution in [0.4, 0.5) is 4.39 Å². The fourth-order valence-electron chi connectivity index (χ4n) is 1.43. The second-order valence-corrected chi connectivity index (χ2v) is 6.17. The highest BCUT2D eigenvalue weighted by molar-refractivity contribution is 9.11. The third-order valence-corrected chi connectivity index (χ3v) is 3.22. The Morgan fingerprint density at radius 2 is 1.87 bits per heavy atom. The number of ether oxygens (including phenoxy) is 2. The largest absolute Gasteiger partial charge is 0.490 e. The lowest BCUT2D eigenvalue weighted by Crippen LogP contribution is -2.03. The van der Waals surface area contributed by atoms with Crippen LogP contribution in [0.1, 0.15) is 20.3 Å². The summed E-state index contributed by atoms with van der Waals surface area (Å²) < 4.78 is 22.9. The molecule has 1 aromatic rings. The van der Waals surface area contributed by atoms with Gasteiger partial charge in [0, 0.05) is 18.6 Å². The maximum Gasteiger partial charge on any atom is 0.165 e. The van der Waals surface area contributed by atoms with Crippen molar-refractivity contribution in [2.75, 3.05) is 19.8 Å².